The van der Waals surface area contributed by atoms with Gasteiger partial charge in [0.2, 0.25) is 5.91 Å². The van der Waals surface area contributed by atoms with Crippen molar-refractivity contribution in [1.29, 1.82) is 0 Å². The van der Waals surface area contributed by atoms with E-state index >= 15 is 0 Å². The number of carbonyl (C=O) groups is 2. The summed E-state index contributed by atoms with van der Waals surface area (Å²) in [7, 11) is 0. The van der Waals surface area contributed by atoms with Gasteiger partial charge in [-0.25, -0.2) is 0 Å². The molecule has 5 nitrogen and oxygen atoms in total. The minimum atomic E-state index is -0.193. The van der Waals surface area contributed by atoms with Crippen LogP contribution in [0.25, 0.3) is 0 Å². The summed E-state index contributed by atoms with van der Waals surface area (Å²) in [6.45, 7) is 4.98. The third-order valence-electron chi connectivity index (χ3n) is 4.99. The van der Waals surface area contributed by atoms with Crippen LogP contribution in [-0.2, 0) is 11.3 Å². The van der Waals surface area contributed by atoms with Crippen molar-refractivity contribution < 1.29 is 9.59 Å². The lowest BCUT2D eigenvalue weighted by molar-refractivity contribution is -0.117. The van der Waals surface area contributed by atoms with Gasteiger partial charge in [-0.05, 0) is 49.5 Å². The number of benzene rings is 2. The van der Waals surface area contributed by atoms with Crippen LogP contribution in [0.2, 0.25) is 0 Å². The molecule has 142 valence electrons. The van der Waals surface area contributed by atoms with E-state index in [1.54, 1.807) is 18.2 Å². The number of anilines is 1. The summed E-state index contributed by atoms with van der Waals surface area (Å²) in [5.74, 6) is 0.466. The predicted octanol–water partition coefficient (Wildman–Crippen LogP) is 3.29. The van der Waals surface area contributed by atoms with Crippen LogP contribution in [0.1, 0.15) is 35.7 Å². The molecular weight excluding hydrogens is 338 g/mol. The van der Waals surface area contributed by atoms with Gasteiger partial charge in [0.1, 0.15) is 0 Å². The van der Waals surface area contributed by atoms with E-state index in [1.165, 1.54) is 0 Å². The van der Waals surface area contributed by atoms with E-state index < -0.39 is 0 Å². The third kappa shape index (κ3) is 5.66. The predicted molar refractivity (Wildman–Crippen MR) is 108 cm³/mol. The zero-order valence-electron chi connectivity index (χ0n) is 15.8. The molecule has 2 aromatic carbocycles. The Morgan fingerprint density at radius 2 is 1.67 bits per heavy atom. The smallest absolute Gasteiger partial charge is 0.253 e. The second kappa shape index (κ2) is 9.33. The molecule has 0 radical (unpaired) electrons. The van der Waals surface area contributed by atoms with Crippen LogP contribution in [0.4, 0.5) is 5.69 Å². The fourth-order valence-corrected chi connectivity index (χ4v) is 3.28. The Hall–Kier alpha value is -2.66. The Balaban J connectivity index is 1.58. The lowest BCUT2D eigenvalue weighted by Crippen LogP contribution is -2.39. The van der Waals surface area contributed by atoms with E-state index in [4.69, 9.17) is 0 Å². The summed E-state index contributed by atoms with van der Waals surface area (Å²) in [5, 5.41) is 5.82. The second-order valence-corrected chi connectivity index (χ2v) is 7.22. The number of hydrogen-bond donors (Lipinski definition) is 2. The maximum Gasteiger partial charge on any atom is 0.253 e. The van der Waals surface area contributed by atoms with Gasteiger partial charge in [-0.2, -0.15) is 0 Å². The Morgan fingerprint density at radius 1 is 1.00 bits per heavy atom. The topological polar surface area (TPSA) is 61.4 Å². The third-order valence-corrected chi connectivity index (χ3v) is 4.99. The standard InChI is InChI=1S/C22H27N3O2/c1-17-11-13-25(14-12-17)16-21(26)24-20-10-6-5-9-19(20)22(27)23-15-18-7-3-2-4-8-18/h2-10,17H,11-16H2,1H3,(H,23,27)(H,24,26). The minimum absolute atomic E-state index is 0.0761. The summed E-state index contributed by atoms with van der Waals surface area (Å²) in [6, 6.07) is 16.9. The molecule has 2 aromatic rings. The summed E-state index contributed by atoms with van der Waals surface area (Å²) in [5.41, 5.74) is 2.07. The number of nitrogens with zero attached hydrogens (tertiary/aromatic N) is 1. The number of carbonyl (C=O) groups excluding carboxylic acids is 2. The number of likely N-dealkylation sites (tertiary alicyclic amines) is 1. The van der Waals surface area contributed by atoms with Crippen molar-refractivity contribution in [2.45, 2.75) is 26.3 Å². The fraction of sp³-hybridized carbons (Fsp3) is 0.364. The molecular formula is C22H27N3O2. The van der Waals surface area contributed by atoms with Crippen LogP contribution in [0.3, 0.4) is 0 Å². The number of hydrogen-bond acceptors (Lipinski definition) is 3. The normalized spacial score (nSPS) is 15.3. The molecule has 1 aliphatic rings. The van der Waals surface area contributed by atoms with E-state index in [0.717, 1.165) is 37.4 Å². The van der Waals surface area contributed by atoms with Crippen molar-refractivity contribution in [2.75, 3.05) is 25.0 Å². The van der Waals surface area contributed by atoms with Crippen LogP contribution in [0.5, 0.6) is 0 Å². The van der Waals surface area contributed by atoms with E-state index in [-0.39, 0.29) is 11.8 Å². The lowest BCUT2D eigenvalue weighted by atomic mass is 9.99. The first kappa shape index (κ1) is 19.1. The number of amides is 2. The second-order valence-electron chi connectivity index (χ2n) is 7.22. The average molecular weight is 365 g/mol. The van der Waals surface area contributed by atoms with Crippen molar-refractivity contribution in [2.24, 2.45) is 5.92 Å². The van der Waals surface area contributed by atoms with Gasteiger partial charge in [0.25, 0.3) is 5.91 Å². The SMILES string of the molecule is CC1CCN(CC(=O)Nc2ccccc2C(=O)NCc2ccccc2)CC1. The van der Waals surface area contributed by atoms with Gasteiger partial charge >= 0.3 is 0 Å². The number of rotatable bonds is 6. The molecule has 2 N–H and O–H groups in total. The number of para-hydroxylation sites is 1. The van der Waals surface area contributed by atoms with E-state index in [9.17, 15) is 9.59 Å². The van der Waals surface area contributed by atoms with Crippen LogP contribution in [-0.4, -0.2) is 36.3 Å². The lowest BCUT2D eigenvalue weighted by Gasteiger charge is -2.29. The van der Waals surface area contributed by atoms with Crippen molar-refractivity contribution in [1.82, 2.24) is 10.2 Å². The van der Waals surface area contributed by atoms with Gasteiger partial charge in [-0.3, -0.25) is 14.5 Å². The maximum atomic E-state index is 12.6. The molecule has 27 heavy (non-hydrogen) atoms. The highest BCUT2D eigenvalue weighted by atomic mass is 16.2. The molecule has 0 saturated carbocycles. The van der Waals surface area contributed by atoms with Crippen molar-refractivity contribution in [3.05, 3.63) is 65.7 Å². The molecule has 1 heterocycles. The molecule has 2 amide bonds. The van der Waals surface area contributed by atoms with Gasteiger partial charge in [0.05, 0.1) is 17.8 Å². The quantitative estimate of drug-likeness (QED) is 0.826. The van der Waals surface area contributed by atoms with Crippen molar-refractivity contribution >= 4 is 17.5 Å². The van der Waals surface area contributed by atoms with E-state index in [0.29, 0.717) is 24.3 Å². The van der Waals surface area contributed by atoms with Crippen molar-refractivity contribution in [3.8, 4) is 0 Å². The summed E-state index contributed by atoms with van der Waals surface area (Å²) >= 11 is 0. The highest BCUT2D eigenvalue weighted by Gasteiger charge is 2.19. The fourth-order valence-electron chi connectivity index (χ4n) is 3.28. The largest absolute Gasteiger partial charge is 0.348 e. The molecule has 5 heteroatoms. The molecule has 3 rings (SSSR count). The number of piperidine rings is 1. The van der Waals surface area contributed by atoms with Crippen LogP contribution < -0.4 is 10.6 Å². The highest BCUT2D eigenvalue weighted by molar-refractivity contribution is 6.04. The van der Waals surface area contributed by atoms with Crippen molar-refractivity contribution in [3.63, 3.8) is 0 Å². The molecule has 0 aromatic heterocycles. The molecule has 0 bridgehead atoms. The van der Waals surface area contributed by atoms with E-state index in [2.05, 4.69) is 22.5 Å². The highest BCUT2D eigenvalue weighted by Crippen LogP contribution is 2.17. The first-order valence-corrected chi connectivity index (χ1v) is 9.55. The molecule has 1 aliphatic heterocycles. The minimum Gasteiger partial charge on any atom is -0.348 e. The molecule has 1 saturated heterocycles. The van der Waals surface area contributed by atoms with Gasteiger partial charge < -0.3 is 10.6 Å². The van der Waals surface area contributed by atoms with Gasteiger partial charge in [-0.1, -0.05) is 49.4 Å². The molecule has 0 unspecified atom stereocenters. The average Bonchev–Trinajstić information content (AvgIpc) is 2.69. The summed E-state index contributed by atoms with van der Waals surface area (Å²) < 4.78 is 0. The summed E-state index contributed by atoms with van der Waals surface area (Å²) in [6.07, 6.45) is 2.26. The van der Waals surface area contributed by atoms with Crippen LogP contribution in [0.15, 0.2) is 54.6 Å². The number of nitrogens with one attached hydrogen (secondary N) is 2. The van der Waals surface area contributed by atoms with Crippen LogP contribution >= 0.6 is 0 Å². The molecule has 0 atom stereocenters. The van der Waals surface area contributed by atoms with Gasteiger partial charge in [-0.15, -0.1) is 0 Å². The molecule has 0 aliphatic carbocycles. The Morgan fingerprint density at radius 3 is 2.41 bits per heavy atom. The maximum absolute atomic E-state index is 12.6. The van der Waals surface area contributed by atoms with Crippen LogP contribution in [0, 0.1) is 5.92 Å². The Kier molecular flexibility index (Phi) is 6.60. The summed E-state index contributed by atoms with van der Waals surface area (Å²) in [4.78, 5) is 27.2. The molecule has 1 fully saturated rings. The zero-order valence-corrected chi connectivity index (χ0v) is 15.8. The van der Waals surface area contributed by atoms with E-state index in [1.807, 2.05) is 36.4 Å². The van der Waals surface area contributed by atoms with Gasteiger partial charge in [0, 0.05) is 6.54 Å². The monoisotopic (exact) mass is 365 g/mol. The zero-order chi connectivity index (χ0) is 19.1. The Labute approximate surface area is 160 Å². The Bertz CT molecular complexity index is 768. The molecule has 0 spiro atoms. The first-order valence-electron chi connectivity index (χ1n) is 9.55. The first-order chi connectivity index (χ1) is 13.1. The van der Waals surface area contributed by atoms with Gasteiger partial charge in [0.15, 0.2) is 0 Å².